The summed E-state index contributed by atoms with van der Waals surface area (Å²) in [6.07, 6.45) is 0.716. The lowest BCUT2D eigenvalue weighted by Crippen LogP contribution is -2.61. The van der Waals surface area contributed by atoms with Gasteiger partial charge in [-0.1, -0.05) is 35.5 Å². The third-order valence-corrected chi connectivity index (χ3v) is 5.14. The maximum absolute atomic E-state index is 5.72. The smallest absolute Gasteiger partial charge is 0.231 e. The molecule has 3 heterocycles. The van der Waals surface area contributed by atoms with Crippen molar-refractivity contribution in [2.75, 3.05) is 20.0 Å². The van der Waals surface area contributed by atoms with Crippen molar-refractivity contribution in [3.8, 4) is 17.2 Å². The Balaban J connectivity index is 1.20. The van der Waals surface area contributed by atoms with Crippen molar-refractivity contribution in [3.05, 3.63) is 71.6 Å². The number of para-hydroxylation sites is 2. The van der Waals surface area contributed by atoms with Gasteiger partial charge in [0.2, 0.25) is 6.79 Å². The Bertz CT molecular complexity index is 968. The summed E-state index contributed by atoms with van der Waals surface area (Å²) >= 11 is 0. The molecule has 1 aromatic heterocycles. The fourth-order valence-corrected chi connectivity index (χ4v) is 3.55. The third kappa shape index (κ3) is 3.92. The van der Waals surface area contributed by atoms with Crippen molar-refractivity contribution in [1.29, 1.82) is 0 Å². The van der Waals surface area contributed by atoms with Crippen LogP contribution in [0.15, 0.2) is 59.1 Å². The molecule has 7 heteroatoms. The number of hydrogen-bond acceptors (Lipinski definition) is 7. The van der Waals surface area contributed by atoms with E-state index in [1.165, 1.54) is 0 Å². The normalized spacial score (nSPS) is 16.4. The highest BCUT2D eigenvalue weighted by Gasteiger charge is 2.39. The zero-order valence-electron chi connectivity index (χ0n) is 15.9. The van der Waals surface area contributed by atoms with Crippen molar-refractivity contribution in [2.45, 2.75) is 25.1 Å². The second-order valence-corrected chi connectivity index (χ2v) is 7.34. The predicted octanol–water partition coefficient (Wildman–Crippen LogP) is 3.08. The van der Waals surface area contributed by atoms with Crippen LogP contribution in [0.2, 0.25) is 0 Å². The molecule has 0 saturated carbocycles. The molecule has 29 heavy (non-hydrogen) atoms. The van der Waals surface area contributed by atoms with Crippen LogP contribution in [-0.2, 0) is 24.3 Å². The molecule has 0 radical (unpaired) electrons. The Labute approximate surface area is 168 Å². The number of aromatic nitrogens is 1. The lowest BCUT2D eigenvalue weighted by atomic mass is 9.90. The molecule has 0 aliphatic carbocycles. The van der Waals surface area contributed by atoms with Gasteiger partial charge in [0.1, 0.15) is 12.4 Å². The number of ether oxygens (including phenoxy) is 4. The quantitative estimate of drug-likeness (QED) is 0.629. The van der Waals surface area contributed by atoms with Crippen LogP contribution in [-0.4, -0.2) is 30.7 Å². The van der Waals surface area contributed by atoms with Crippen molar-refractivity contribution < 1.29 is 23.5 Å². The van der Waals surface area contributed by atoms with Crippen LogP contribution < -0.4 is 19.5 Å². The first-order valence-electron chi connectivity index (χ1n) is 9.62. The Morgan fingerprint density at radius 1 is 1.03 bits per heavy atom. The van der Waals surface area contributed by atoms with Crippen LogP contribution in [0, 0.1) is 0 Å². The van der Waals surface area contributed by atoms with E-state index in [0.717, 1.165) is 28.5 Å². The van der Waals surface area contributed by atoms with Crippen LogP contribution in [0.4, 0.5) is 0 Å². The number of hydrogen-bond donors (Lipinski definition) is 1. The van der Waals surface area contributed by atoms with Gasteiger partial charge in [-0.25, -0.2) is 0 Å². The van der Waals surface area contributed by atoms with E-state index in [9.17, 15) is 0 Å². The van der Waals surface area contributed by atoms with E-state index in [0.29, 0.717) is 38.5 Å². The van der Waals surface area contributed by atoms with Crippen molar-refractivity contribution in [1.82, 2.24) is 10.5 Å². The molecule has 0 bridgehead atoms. The van der Waals surface area contributed by atoms with Gasteiger partial charge in [0, 0.05) is 24.6 Å². The van der Waals surface area contributed by atoms with Gasteiger partial charge in [-0.15, -0.1) is 0 Å². The zero-order chi connectivity index (χ0) is 19.5. The van der Waals surface area contributed by atoms with E-state index in [1.54, 1.807) is 0 Å². The van der Waals surface area contributed by atoms with Crippen LogP contribution in [0.3, 0.4) is 0 Å². The molecule has 5 rings (SSSR count). The summed E-state index contributed by atoms with van der Waals surface area (Å²) in [7, 11) is 0. The second-order valence-electron chi connectivity index (χ2n) is 7.34. The van der Waals surface area contributed by atoms with Gasteiger partial charge >= 0.3 is 0 Å². The largest absolute Gasteiger partial charge is 0.486 e. The predicted molar refractivity (Wildman–Crippen MR) is 104 cm³/mol. The Morgan fingerprint density at radius 2 is 1.93 bits per heavy atom. The summed E-state index contributed by atoms with van der Waals surface area (Å²) in [5.41, 5.74) is 1.78. The highest BCUT2D eigenvalue weighted by atomic mass is 16.7. The van der Waals surface area contributed by atoms with E-state index in [-0.39, 0.29) is 12.3 Å². The summed E-state index contributed by atoms with van der Waals surface area (Å²) in [4.78, 5) is 0. The molecule has 0 amide bonds. The van der Waals surface area contributed by atoms with E-state index >= 15 is 0 Å². The maximum Gasteiger partial charge on any atom is 0.231 e. The van der Waals surface area contributed by atoms with Crippen LogP contribution in [0.1, 0.15) is 17.0 Å². The molecule has 1 fully saturated rings. The molecule has 1 saturated heterocycles. The van der Waals surface area contributed by atoms with Gasteiger partial charge in [-0.3, -0.25) is 0 Å². The Kier molecular flexibility index (Phi) is 4.83. The van der Waals surface area contributed by atoms with E-state index in [2.05, 4.69) is 10.5 Å². The Morgan fingerprint density at radius 3 is 2.76 bits per heavy atom. The first-order chi connectivity index (χ1) is 14.3. The summed E-state index contributed by atoms with van der Waals surface area (Å²) in [6, 6.07) is 17.5. The minimum Gasteiger partial charge on any atom is -0.486 e. The van der Waals surface area contributed by atoms with E-state index < -0.39 is 0 Å². The van der Waals surface area contributed by atoms with Crippen LogP contribution in [0.5, 0.6) is 17.2 Å². The average Bonchev–Trinajstić information content (AvgIpc) is 3.38. The van der Waals surface area contributed by atoms with Crippen molar-refractivity contribution in [3.63, 3.8) is 0 Å². The fraction of sp³-hybridized carbons (Fsp3) is 0.318. The molecule has 0 unspecified atom stereocenters. The number of fused-ring (bicyclic) bond motifs is 1. The van der Waals surface area contributed by atoms with Gasteiger partial charge < -0.3 is 28.8 Å². The number of rotatable bonds is 8. The van der Waals surface area contributed by atoms with Gasteiger partial charge in [-0.05, 0) is 18.2 Å². The van der Waals surface area contributed by atoms with Gasteiger partial charge in [0.15, 0.2) is 17.3 Å². The maximum atomic E-state index is 5.72. The SMILES string of the molecule is c1ccc(OCc2cc(CC3(NCc4cccc5c4OCO5)COC3)no2)cc1. The summed E-state index contributed by atoms with van der Waals surface area (Å²) in [5.74, 6) is 3.11. The van der Waals surface area contributed by atoms with Crippen molar-refractivity contribution in [2.24, 2.45) is 0 Å². The first kappa shape index (κ1) is 18.0. The highest BCUT2D eigenvalue weighted by Crippen LogP contribution is 2.35. The molecule has 2 aromatic carbocycles. The summed E-state index contributed by atoms with van der Waals surface area (Å²) in [6.45, 7) is 2.54. The minimum absolute atomic E-state index is 0.170. The van der Waals surface area contributed by atoms with Crippen LogP contribution in [0.25, 0.3) is 0 Å². The lowest BCUT2D eigenvalue weighted by Gasteiger charge is -2.42. The molecule has 0 atom stereocenters. The van der Waals surface area contributed by atoms with Gasteiger partial charge in [-0.2, -0.15) is 0 Å². The first-order valence-corrected chi connectivity index (χ1v) is 9.62. The van der Waals surface area contributed by atoms with Gasteiger partial charge in [0.25, 0.3) is 0 Å². The average molecular weight is 394 g/mol. The molecule has 1 N–H and O–H groups in total. The number of nitrogens with one attached hydrogen (secondary N) is 1. The molecular weight excluding hydrogens is 372 g/mol. The molecule has 0 spiro atoms. The number of benzene rings is 2. The summed E-state index contributed by atoms with van der Waals surface area (Å²) < 4.78 is 27.7. The lowest BCUT2D eigenvalue weighted by molar-refractivity contribution is -0.0756. The topological polar surface area (TPSA) is 75.0 Å². The molecular formula is C22H22N2O5. The highest BCUT2D eigenvalue weighted by molar-refractivity contribution is 5.48. The standard InChI is InChI=1S/C22H22N2O5/c1-2-6-18(7-3-1)26-12-19-9-17(24-29-19)10-22(13-25-14-22)23-11-16-5-4-8-20-21(16)28-15-27-20/h1-9,23H,10-15H2. The summed E-state index contributed by atoms with van der Waals surface area (Å²) in [5, 5.41) is 7.83. The van der Waals surface area contributed by atoms with E-state index in [1.807, 2.05) is 54.6 Å². The Hall–Kier alpha value is -3.03. The molecule has 2 aliphatic rings. The third-order valence-electron chi connectivity index (χ3n) is 5.14. The molecule has 2 aliphatic heterocycles. The molecule has 7 nitrogen and oxygen atoms in total. The van der Waals surface area contributed by atoms with Gasteiger partial charge in [0.05, 0.1) is 24.4 Å². The van der Waals surface area contributed by atoms with Crippen LogP contribution >= 0.6 is 0 Å². The molecule has 150 valence electrons. The monoisotopic (exact) mass is 394 g/mol. The number of nitrogens with zero attached hydrogens (tertiary/aromatic N) is 1. The van der Waals surface area contributed by atoms with E-state index in [4.69, 9.17) is 23.5 Å². The minimum atomic E-state index is -0.170. The second kappa shape index (κ2) is 7.77. The molecule has 3 aromatic rings. The zero-order valence-corrected chi connectivity index (χ0v) is 15.9. The van der Waals surface area contributed by atoms with Crippen molar-refractivity contribution >= 4 is 0 Å². The fourth-order valence-electron chi connectivity index (χ4n) is 3.55.